The van der Waals surface area contributed by atoms with Crippen LogP contribution < -0.4 is 0 Å². The molecule has 1 aliphatic carbocycles. The van der Waals surface area contributed by atoms with Gasteiger partial charge in [-0.25, -0.2) is 15.0 Å². The van der Waals surface area contributed by atoms with Gasteiger partial charge < -0.3 is 13.7 Å². The normalized spacial score (nSPS) is 12.8. The van der Waals surface area contributed by atoms with E-state index in [9.17, 15) is 0 Å². The van der Waals surface area contributed by atoms with Gasteiger partial charge in [0.1, 0.15) is 0 Å². The van der Waals surface area contributed by atoms with Gasteiger partial charge >= 0.3 is 0 Å². The van der Waals surface area contributed by atoms with E-state index < -0.39 is 0 Å². The van der Waals surface area contributed by atoms with E-state index in [1.165, 1.54) is 60.3 Å². The second-order valence-corrected chi connectivity index (χ2v) is 16.8. The third-order valence-corrected chi connectivity index (χ3v) is 12.9. The molecule has 65 heavy (non-hydrogen) atoms. The van der Waals surface area contributed by atoms with Gasteiger partial charge in [-0.3, -0.25) is 0 Å². The van der Waals surface area contributed by atoms with Gasteiger partial charge in [-0.1, -0.05) is 140 Å². The van der Waals surface area contributed by atoms with Crippen LogP contribution in [0, 0.1) is 0 Å². The highest BCUT2D eigenvalue weighted by Gasteiger charge is 2.21. The Morgan fingerprint density at radius 1 is 0.354 bits per heavy atom. The fraction of sp³-hybridized carbons (Fsp3) is 0.0339. The first-order valence-electron chi connectivity index (χ1n) is 22.3. The van der Waals surface area contributed by atoms with E-state index >= 15 is 0 Å². The second kappa shape index (κ2) is 15.0. The Balaban J connectivity index is 1.01. The van der Waals surface area contributed by atoms with Crippen LogP contribution in [0.3, 0.4) is 0 Å². The summed E-state index contributed by atoms with van der Waals surface area (Å²) in [6.45, 7) is 0. The third kappa shape index (κ3) is 6.14. The van der Waals surface area contributed by atoms with E-state index in [-0.39, 0.29) is 0 Å². The summed E-state index contributed by atoms with van der Waals surface area (Å²) in [6, 6.07) is 69.1. The average Bonchev–Trinajstić information content (AvgIpc) is 4.07. The molecule has 306 valence electrons. The molecule has 6 heteroatoms. The maximum Gasteiger partial charge on any atom is 0.164 e. The van der Waals surface area contributed by atoms with Crippen molar-refractivity contribution in [2.45, 2.75) is 12.8 Å². The first-order valence-corrected chi connectivity index (χ1v) is 22.3. The van der Waals surface area contributed by atoms with Gasteiger partial charge in [0.25, 0.3) is 0 Å². The Labute approximate surface area is 375 Å². The molecule has 0 radical (unpaired) electrons. The summed E-state index contributed by atoms with van der Waals surface area (Å²) in [5.74, 6) is 1.90. The lowest BCUT2D eigenvalue weighted by molar-refractivity contribution is 1.01. The van der Waals surface area contributed by atoms with Crippen molar-refractivity contribution >= 4 is 60.2 Å². The van der Waals surface area contributed by atoms with Gasteiger partial charge in [0, 0.05) is 66.9 Å². The van der Waals surface area contributed by atoms with Crippen molar-refractivity contribution < 1.29 is 0 Å². The Kier molecular flexibility index (Phi) is 8.56. The minimum Gasteiger partial charge on any atom is -0.317 e. The molecule has 0 saturated carbocycles. The maximum atomic E-state index is 5.11. The molecule has 6 nitrogen and oxygen atoms in total. The van der Waals surface area contributed by atoms with Gasteiger partial charge in [0.2, 0.25) is 0 Å². The lowest BCUT2D eigenvalue weighted by Crippen LogP contribution is -2.01. The van der Waals surface area contributed by atoms with E-state index in [1.807, 2.05) is 60.7 Å². The summed E-state index contributed by atoms with van der Waals surface area (Å²) < 4.78 is 7.14. The van der Waals surface area contributed by atoms with Crippen LogP contribution in [0.1, 0.15) is 12.8 Å². The molecule has 0 unspecified atom stereocenters. The molecule has 4 heterocycles. The van der Waals surface area contributed by atoms with Crippen LogP contribution in [0.5, 0.6) is 0 Å². The van der Waals surface area contributed by atoms with Crippen molar-refractivity contribution in [3.63, 3.8) is 0 Å². The number of nitrogens with zero attached hydrogens (tertiary/aromatic N) is 6. The molecule has 0 bridgehead atoms. The fourth-order valence-electron chi connectivity index (χ4n) is 9.91. The monoisotopic (exact) mass is 832 g/mol. The highest BCUT2D eigenvalue weighted by atomic mass is 15.0. The van der Waals surface area contributed by atoms with E-state index in [0.29, 0.717) is 17.5 Å². The molecule has 0 fully saturated rings. The third-order valence-electron chi connectivity index (χ3n) is 12.9. The minimum atomic E-state index is 0.624. The zero-order valence-corrected chi connectivity index (χ0v) is 35.4. The Morgan fingerprint density at radius 3 is 1.62 bits per heavy atom. The van der Waals surface area contributed by atoms with Gasteiger partial charge in [0.15, 0.2) is 17.5 Å². The molecule has 4 aromatic heterocycles. The lowest BCUT2D eigenvalue weighted by atomic mass is 10.0. The van der Waals surface area contributed by atoms with Crippen molar-refractivity contribution in [2.24, 2.45) is 0 Å². The number of benzene rings is 8. The zero-order valence-electron chi connectivity index (χ0n) is 35.4. The smallest absolute Gasteiger partial charge is 0.164 e. The van der Waals surface area contributed by atoms with E-state index in [0.717, 1.165) is 51.9 Å². The molecular formula is C59H40N6. The Hall–Kier alpha value is -8.61. The quantitative estimate of drug-likeness (QED) is 0.161. The second-order valence-electron chi connectivity index (χ2n) is 16.8. The Morgan fingerprint density at radius 2 is 0.923 bits per heavy atom. The molecular weight excluding hydrogens is 793 g/mol. The van der Waals surface area contributed by atoms with E-state index in [2.05, 4.69) is 172 Å². The number of fused-ring (bicyclic) bond motifs is 8. The summed E-state index contributed by atoms with van der Waals surface area (Å²) in [6.07, 6.45) is 11.2. The van der Waals surface area contributed by atoms with Gasteiger partial charge in [0.05, 0.1) is 27.6 Å². The van der Waals surface area contributed by atoms with Crippen LogP contribution >= 0.6 is 0 Å². The van der Waals surface area contributed by atoms with Crippen molar-refractivity contribution in [3.05, 3.63) is 219 Å². The molecule has 8 aromatic carbocycles. The Bertz CT molecular complexity index is 3810. The maximum absolute atomic E-state index is 5.11. The number of rotatable bonds is 7. The SMILES string of the molecule is C1=CC(n2ccc3c2ccc2c4cc(-c5ccc6c(c5)c5ccccc5n6-c5ccccc5)ccc4n(-c4cccc(-c5nc(-c6ccccc6)nc(-c6ccccc6)n5)c4)c23)=CCC1. The predicted octanol–water partition coefficient (Wildman–Crippen LogP) is 14.9. The number of hydrogen-bond acceptors (Lipinski definition) is 3. The van der Waals surface area contributed by atoms with E-state index in [4.69, 9.17) is 15.0 Å². The van der Waals surface area contributed by atoms with Crippen molar-refractivity contribution in [1.82, 2.24) is 28.7 Å². The highest BCUT2D eigenvalue weighted by molar-refractivity contribution is 6.19. The van der Waals surface area contributed by atoms with Crippen LogP contribution in [0.25, 0.3) is 117 Å². The molecule has 0 saturated heterocycles. The molecule has 1 aliphatic rings. The molecule has 0 spiro atoms. The van der Waals surface area contributed by atoms with Crippen molar-refractivity contribution in [2.75, 3.05) is 0 Å². The molecule has 13 rings (SSSR count). The van der Waals surface area contributed by atoms with Gasteiger partial charge in [-0.15, -0.1) is 0 Å². The predicted molar refractivity (Wildman–Crippen MR) is 268 cm³/mol. The first-order chi connectivity index (χ1) is 32.2. The average molecular weight is 833 g/mol. The highest BCUT2D eigenvalue weighted by Crippen LogP contribution is 2.41. The summed E-state index contributed by atoms with van der Waals surface area (Å²) in [7, 11) is 0. The van der Waals surface area contributed by atoms with Crippen LogP contribution in [-0.4, -0.2) is 28.7 Å². The summed E-state index contributed by atoms with van der Waals surface area (Å²) in [4.78, 5) is 15.2. The minimum absolute atomic E-state index is 0.624. The van der Waals surface area contributed by atoms with Crippen molar-refractivity contribution in [3.8, 4) is 56.7 Å². The fourth-order valence-corrected chi connectivity index (χ4v) is 9.91. The van der Waals surface area contributed by atoms with Gasteiger partial charge in [-0.05, 0) is 96.8 Å². The van der Waals surface area contributed by atoms with Crippen LogP contribution in [0.4, 0.5) is 0 Å². The zero-order chi connectivity index (χ0) is 42.8. The molecule has 0 atom stereocenters. The van der Waals surface area contributed by atoms with Crippen LogP contribution in [0.2, 0.25) is 0 Å². The summed E-state index contributed by atoms with van der Waals surface area (Å²) in [5.41, 5.74) is 14.4. The molecule has 0 aliphatic heterocycles. The van der Waals surface area contributed by atoms with Crippen LogP contribution in [0.15, 0.2) is 219 Å². The number of allylic oxidation sites excluding steroid dienone is 4. The van der Waals surface area contributed by atoms with E-state index in [1.54, 1.807) is 0 Å². The number of para-hydroxylation sites is 2. The first kappa shape index (κ1) is 37.0. The van der Waals surface area contributed by atoms with Crippen LogP contribution in [-0.2, 0) is 0 Å². The standard InChI is InChI=1S/C59H40N6/c1-5-16-39(17-6-1)57-60-58(40-18-7-2-8-19-40)62-59(61-57)43-20-15-25-46(36-43)65-55-32-29-42(38-51(55)48-30-33-52-49(56(48)65)34-35-63(52)44-21-9-3-10-22-44)41-28-31-54-50(37-41)47-26-13-14-27-53(47)64(54)45-23-11-4-12-24-45/h1-2,4-9,11-38H,3,10H2. The summed E-state index contributed by atoms with van der Waals surface area (Å²) >= 11 is 0. The molecule has 12 aromatic rings. The number of aromatic nitrogens is 6. The lowest BCUT2D eigenvalue weighted by Gasteiger charge is -2.13. The molecule has 0 N–H and O–H groups in total. The largest absolute Gasteiger partial charge is 0.317 e. The van der Waals surface area contributed by atoms with Gasteiger partial charge in [-0.2, -0.15) is 0 Å². The number of hydrogen-bond donors (Lipinski definition) is 0. The topological polar surface area (TPSA) is 53.5 Å². The summed E-state index contributed by atoms with van der Waals surface area (Å²) in [5, 5.41) is 6.06. The van der Waals surface area contributed by atoms with Crippen molar-refractivity contribution in [1.29, 1.82) is 0 Å². The molecule has 0 amide bonds.